The number of aromatic nitrogens is 1. The number of nitrogens with one attached hydrogen (secondary N) is 2. The van der Waals surface area contributed by atoms with Crippen LogP contribution in [0.3, 0.4) is 0 Å². The van der Waals surface area contributed by atoms with Crippen LogP contribution in [0.5, 0.6) is 0 Å². The lowest BCUT2D eigenvalue weighted by atomic mass is 9.99. The molecule has 2 aliphatic carbocycles. The average molecular weight is 563 g/mol. The number of hydrogen-bond donors (Lipinski definition) is 4. The van der Waals surface area contributed by atoms with Crippen molar-refractivity contribution in [1.29, 1.82) is 0 Å². The SMILES string of the molecule is C[C@@](O)(CO)c1ncc(S(C)(=O)(I)NC(=O)Nc2c3c(cc4c2CCC4)CCC3)s1. The standard InChI is InChI=1S/C20H26IN3O4S2/c1-20(27,11-25)18-22-10-16(29-18)30(2,21,28)24-19(26)23-17-14-7-3-5-12(14)9-13-6-4-8-15(13)17/h9-10,25,27H,3-8,11H2,1-2H3,(H2,23,24,26,28)/t20-/m1/s1. The first-order valence-electron chi connectivity index (χ1n) is 9.91. The van der Waals surface area contributed by atoms with Crippen molar-refractivity contribution in [3.05, 3.63) is 39.5 Å². The van der Waals surface area contributed by atoms with E-state index in [0.29, 0.717) is 4.21 Å². The van der Waals surface area contributed by atoms with Gasteiger partial charge in [-0.1, -0.05) is 6.07 Å². The van der Waals surface area contributed by atoms with Gasteiger partial charge in [-0.2, -0.15) is 0 Å². The number of thiazole rings is 1. The number of nitrogens with zero attached hydrogens (tertiary/aromatic N) is 1. The molecule has 0 aliphatic heterocycles. The summed E-state index contributed by atoms with van der Waals surface area (Å²) in [5.74, 6) is 0. The van der Waals surface area contributed by atoms with Gasteiger partial charge in [0.1, 0.15) is 14.8 Å². The third-order valence-electron chi connectivity index (χ3n) is 5.75. The fraction of sp³-hybridized carbons (Fsp3) is 0.500. The molecule has 2 aliphatic rings. The summed E-state index contributed by atoms with van der Waals surface area (Å²) in [6.45, 7) is 0.932. The van der Waals surface area contributed by atoms with E-state index in [-0.39, 0.29) is 5.01 Å². The Morgan fingerprint density at radius 3 is 2.43 bits per heavy atom. The zero-order chi connectivity index (χ0) is 21.8. The van der Waals surface area contributed by atoms with E-state index in [1.807, 2.05) is 0 Å². The number of carbonyl (C=O) groups is 1. The van der Waals surface area contributed by atoms with Crippen molar-refractivity contribution in [3.8, 4) is 0 Å². The van der Waals surface area contributed by atoms with Crippen LogP contribution in [-0.2, 0) is 37.7 Å². The lowest BCUT2D eigenvalue weighted by Gasteiger charge is -2.31. The maximum Gasteiger partial charge on any atom is 0.330 e. The molecule has 1 aromatic carbocycles. The third-order valence-corrected chi connectivity index (χ3v) is 12.9. The highest BCUT2D eigenvalue weighted by Crippen LogP contribution is 2.43. The van der Waals surface area contributed by atoms with Crippen LogP contribution in [0.15, 0.2) is 16.5 Å². The molecule has 0 unspecified atom stereocenters. The van der Waals surface area contributed by atoms with Crippen molar-refractivity contribution >= 4 is 50.7 Å². The Hall–Kier alpha value is -1.08. The molecule has 30 heavy (non-hydrogen) atoms. The van der Waals surface area contributed by atoms with Crippen LogP contribution >= 0.6 is 32.5 Å². The Morgan fingerprint density at radius 1 is 1.27 bits per heavy atom. The summed E-state index contributed by atoms with van der Waals surface area (Å²) in [6, 6.07) is 1.78. The van der Waals surface area contributed by atoms with Gasteiger partial charge in [0.25, 0.3) is 0 Å². The number of urea groups is 1. The minimum atomic E-state index is -3.80. The van der Waals surface area contributed by atoms with Crippen molar-refractivity contribution < 1.29 is 19.2 Å². The molecule has 4 rings (SSSR count). The molecule has 1 aromatic heterocycles. The summed E-state index contributed by atoms with van der Waals surface area (Å²) in [4.78, 5) is 17.1. The molecule has 4 N–H and O–H groups in total. The highest BCUT2D eigenvalue weighted by Gasteiger charge is 2.37. The number of anilines is 1. The number of amides is 2. The Bertz CT molecular complexity index is 1060. The van der Waals surface area contributed by atoms with E-state index in [1.54, 1.807) is 21.2 Å². The van der Waals surface area contributed by atoms with Gasteiger partial charge in [0, 0.05) is 39.6 Å². The molecule has 1 heterocycles. The van der Waals surface area contributed by atoms with Crippen LogP contribution in [0.1, 0.15) is 47.0 Å². The van der Waals surface area contributed by atoms with Crippen LogP contribution in [0.4, 0.5) is 10.5 Å². The largest absolute Gasteiger partial charge is 0.393 e. The van der Waals surface area contributed by atoms with Crippen molar-refractivity contribution in [3.63, 3.8) is 0 Å². The van der Waals surface area contributed by atoms with Crippen molar-refractivity contribution in [1.82, 2.24) is 9.71 Å². The number of rotatable bonds is 5. The molecule has 2 aromatic rings. The lowest BCUT2D eigenvalue weighted by Crippen LogP contribution is -2.45. The molecule has 164 valence electrons. The van der Waals surface area contributed by atoms with E-state index in [0.717, 1.165) is 55.5 Å². The van der Waals surface area contributed by atoms with Gasteiger partial charge in [-0.15, -0.1) is 11.3 Å². The zero-order valence-electron chi connectivity index (χ0n) is 17.0. The molecule has 10 heteroatoms. The Labute approximate surface area is 191 Å². The molecule has 0 bridgehead atoms. The van der Waals surface area contributed by atoms with E-state index in [1.165, 1.54) is 41.6 Å². The van der Waals surface area contributed by atoms with Gasteiger partial charge in [0.2, 0.25) is 0 Å². The van der Waals surface area contributed by atoms with Crippen LogP contribution in [0.2, 0.25) is 0 Å². The number of aliphatic hydroxyl groups excluding tert-OH is 1. The highest BCUT2D eigenvalue weighted by molar-refractivity contribution is 14.2. The molecule has 1 atom stereocenters. The normalized spacial score (nSPS) is 18.8. The quantitative estimate of drug-likeness (QED) is 0.330. The second-order valence-corrected chi connectivity index (χ2v) is 19.1. The minimum absolute atomic E-state index is 0.248. The molecular formula is C20H26IN3O4S2. The lowest BCUT2D eigenvalue weighted by molar-refractivity contribution is -0.00244. The Kier molecular flexibility index (Phi) is 5.54. The van der Waals surface area contributed by atoms with Crippen molar-refractivity contribution in [2.45, 2.75) is 55.3 Å². The summed E-state index contributed by atoms with van der Waals surface area (Å²) < 4.78 is 16.7. The monoisotopic (exact) mass is 563 g/mol. The molecule has 0 spiro atoms. The first-order valence-corrected chi connectivity index (χ1v) is 15.6. The first-order chi connectivity index (χ1) is 14.0. The van der Waals surface area contributed by atoms with Crippen molar-refractivity contribution in [2.75, 3.05) is 18.2 Å². The smallest absolute Gasteiger partial charge is 0.330 e. The van der Waals surface area contributed by atoms with Gasteiger partial charge in [0.15, 0.2) is 0 Å². The number of halogens is 1. The minimum Gasteiger partial charge on any atom is -0.393 e. The summed E-state index contributed by atoms with van der Waals surface area (Å²) >= 11 is 2.79. The van der Waals surface area contributed by atoms with Crippen LogP contribution < -0.4 is 10.0 Å². The van der Waals surface area contributed by atoms with E-state index in [4.69, 9.17) is 0 Å². The predicted molar refractivity (Wildman–Crippen MR) is 128 cm³/mol. The number of carbonyl (C=O) groups excluding carboxylic acids is 1. The van der Waals surface area contributed by atoms with Gasteiger partial charge in [-0.25, -0.2) is 14.0 Å². The third kappa shape index (κ3) is 4.04. The number of benzene rings is 1. The summed E-state index contributed by atoms with van der Waals surface area (Å²) in [5.41, 5.74) is 4.41. The Balaban J connectivity index is 1.60. The van der Waals surface area contributed by atoms with Gasteiger partial charge >= 0.3 is 6.03 Å². The number of aryl methyl sites for hydroxylation is 2. The Morgan fingerprint density at radius 2 is 1.87 bits per heavy atom. The summed E-state index contributed by atoms with van der Waals surface area (Å²) in [6.07, 6.45) is 5.20. The van der Waals surface area contributed by atoms with Crippen LogP contribution in [0, 0.1) is 0 Å². The highest BCUT2D eigenvalue weighted by atomic mass is 127. The van der Waals surface area contributed by atoms with E-state index >= 15 is 0 Å². The fourth-order valence-corrected chi connectivity index (χ4v) is 8.59. The molecule has 2 amide bonds. The summed E-state index contributed by atoms with van der Waals surface area (Å²) in [7, 11) is 0. The van der Waals surface area contributed by atoms with E-state index in [9.17, 15) is 19.2 Å². The molecular weight excluding hydrogens is 537 g/mol. The maximum absolute atomic E-state index is 13.7. The maximum atomic E-state index is 13.7. The van der Waals surface area contributed by atoms with E-state index < -0.39 is 24.7 Å². The topological polar surface area (TPSA) is 112 Å². The second-order valence-electron chi connectivity index (χ2n) is 8.42. The van der Waals surface area contributed by atoms with Crippen LogP contribution in [-0.4, -0.2) is 38.3 Å². The molecule has 0 fully saturated rings. The van der Waals surface area contributed by atoms with E-state index in [2.05, 4.69) is 21.1 Å². The van der Waals surface area contributed by atoms with Gasteiger partial charge < -0.3 is 15.5 Å². The summed E-state index contributed by atoms with van der Waals surface area (Å²) in [5, 5.41) is 22.8. The van der Waals surface area contributed by atoms with Crippen molar-refractivity contribution in [2.24, 2.45) is 0 Å². The molecule has 7 nitrogen and oxygen atoms in total. The number of hydrogen-bond acceptors (Lipinski definition) is 6. The first kappa shape index (κ1) is 22.1. The zero-order valence-corrected chi connectivity index (χ0v) is 20.7. The predicted octanol–water partition coefficient (Wildman–Crippen LogP) is 3.22. The number of aliphatic hydroxyl groups is 2. The van der Waals surface area contributed by atoms with Crippen LogP contribution in [0.25, 0.3) is 0 Å². The fourth-order valence-electron chi connectivity index (χ4n) is 4.16. The molecule has 0 saturated heterocycles. The number of fused-ring (bicyclic) bond motifs is 2. The van der Waals surface area contributed by atoms with Gasteiger partial charge in [-0.05, 0) is 67.7 Å². The molecule has 0 radical (unpaired) electrons. The second kappa shape index (κ2) is 7.51. The van der Waals surface area contributed by atoms with Gasteiger partial charge in [-0.3, -0.25) is 4.72 Å². The average Bonchev–Trinajstić information content (AvgIpc) is 3.40. The molecule has 0 saturated carbocycles. The van der Waals surface area contributed by atoms with Gasteiger partial charge in [0.05, 0.1) is 12.8 Å².